The van der Waals surface area contributed by atoms with Gasteiger partial charge in [0.25, 0.3) is 5.91 Å². The first kappa shape index (κ1) is 17.9. The summed E-state index contributed by atoms with van der Waals surface area (Å²) in [7, 11) is 0. The van der Waals surface area contributed by atoms with Crippen molar-refractivity contribution in [3.05, 3.63) is 46.3 Å². The monoisotopic (exact) mass is 363 g/mol. The van der Waals surface area contributed by atoms with E-state index in [1.807, 2.05) is 18.2 Å². The molecule has 2 saturated heterocycles. The molecule has 2 fully saturated rings. The molecule has 7 heteroatoms. The average Bonchev–Trinajstić information content (AvgIpc) is 3.15. The molecule has 1 aromatic carbocycles. The third kappa shape index (κ3) is 3.56. The topological polar surface area (TPSA) is 65.8 Å². The standard InChI is InChI=1S/C18H21N3O3.ClH/c22-17(15-11-13-3-1-2-4-16(13)24-18(15)23)21-9-7-20(8-10-21)14-5-6-19-12-14;/h1-4,11,14,19H,5-10,12H2;1H. The molecule has 1 unspecified atom stereocenters. The minimum atomic E-state index is -0.555. The highest BCUT2D eigenvalue weighted by molar-refractivity contribution is 5.96. The highest BCUT2D eigenvalue weighted by atomic mass is 35.5. The minimum Gasteiger partial charge on any atom is -0.422 e. The number of fused-ring (bicyclic) bond motifs is 1. The van der Waals surface area contributed by atoms with Gasteiger partial charge in [-0.1, -0.05) is 18.2 Å². The van der Waals surface area contributed by atoms with E-state index in [0.717, 1.165) is 31.6 Å². The van der Waals surface area contributed by atoms with E-state index in [4.69, 9.17) is 4.42 Å². The Labute approximate surface area is 152 Å². The van der Waals surface area contributed by atoms with Crippen molar-refractivity contribution in [2.45, 2.75) is 12.5 Å². The lowest BCUT2D eigenvalue weighted by Gasteiger charge is -2.37. The van der Waals surface area contributed by atoms with Crippen molar-refractivity contribution in [1.82, 2.24) is 15.1 Å². The van der Waals surface area contributed by atoms with Crippen LogP contribution in [0.15, 0.2) is 39.5 Å². The normalized spacial score (nSPS) is 21.3. The van der Waals surface area contributed by atoms with Crippen LogP contribution in [0.3, 0.4) is 0 Å². The van der Waals surface area contributed by atoms with Crippen molar-refractivity contribution in [3.63, 3.8) is 0 Å². The van der Waals surface area contributed by atoms with Gasteiger partial charge in [-0.15, -0.1) is 12.4 Å². The van der Waals surface area contributed by atoms with Crippen LogP contribution in [0.2, 0.25) is 0 Å². The van der Waals surface area contributed by atoms with Crippen LogP contribution in [0, 0.1) is 0 Å². The van der Waals surface area contributed by atoms with Crippen molar-refractivity contribution in [2.75, 3.05) is 39.3 Å². The van der Waals surface area contributed by atoms with Crippen LogP contribution in [0.1, 0.15) is 16.8 Å². The lowest BCUT2D eigenvalue weighted by molar-refractivity contribution is 0.0580. The molecule has 1 N–H and O–H groups in total. The van der Waals surface area contributed by atoms with Gasteiger partial charge in [-0.25, -0.2) is 4.79 Å². The Bertz CT molecular complexity index is 809. The van der Waals surface area contributed by atoms with Crippen molar-refractivity contribution < 1.29 is 9.21 Å². The first-order chi connectivity index (χ1) is 11.7. The third-order valence-electron chi connectivity index (χ3n) is 5.02. The number of nitrogens with one attached hydrogen (secondary N) is 1. The Balaban J connectivity index is 0.00000182. The number of benzene rings is 1. The number of para-hydroxylation sites is 1. The summed E-state index contributed by atoms with van der Waals surface area (Å²) in [6.45, 7) is 5.13. The molecular formula is C18H22ClN3O3. The van der Waals surface area contributed by atoms with Crippen LogP contribution in [-0.2, 0) is 0 Å². The van der Waals surface area contributed by atoms with E-state index < -0.39 is 5.63 Å². The summed E-state index contributed by atoms with van der Waals surface area (Å²) in [5, 5.41) is 4.15. The molecule has 1 amide bonds. The minimum absolute atomic E-state index is 0. The van der Waals surface area contributed by atoms with E-state index in [1.165, 1.54) is 6.42 Å². The highest BCUT2D eigenvalue weighted by Crippen LogP contribution is 2.16. The number of hydrogen-bond acceptors (Lipinski definition) is 5. The second-order valence-corrected chi connectivity index (χ2v) is 6.46. The van der Waals surface area contributed by atoms with Gasteiger partial charge in [0.05, 0.1) is 0 Å². The van der Waals surface area contributed by atoms with Crippen molar-refractivity contribution >= 4 is 29.3 Å². The van der Waals surface area contributed by atoms with Crippen molar-refractivity contribution in [1.29, 1.82) is 0 Å². The van der Waals surface area contributed by atoms with E-state index >= 15 is 0 Å². The third-order valence-corrected chi connectivity index (χ3v) is 5.02. The summed E-state index contributed by atoms with van der Waals surface area (Å²) >= 11 is 0. The molecule has 2 aliphatic heterocycles. The molecule has 4 rings (SSSR count). The predicted octanol–water partition coefficient (Wildman–Crippen LogP) is 1.33. The zero-order chi connectivity index (χ0) is 16.5. The Kier molecular flexibility index (Phi) is 5.42. The van der Waals surface area contributed by atoms with Gasteiger partial charge >= 0.3 is 5.63 Å². The summed E-state index contributed by atoms with van der Waals surface area (Å²) in [6, 6.07) is 9.48. The Morgan fingerprint density at radius 1 is 1.16 bits per heavy atom. The number of rotatable bonds is 2. The van der Waals surface area contributed by atoms with Crippen LogP contribution < -0.4 is 10.9 Å². The van der Waals surface area contributed by atoms with Gasteiger partial charge in [-0.2, -0.15) is 0 Å². The fourth-order valence-electron chi connectivity index (χ4n) is 3.62. The van der Waals surface area contributed by atoms with E-state index in [0.29, 0.717) is 24.7 Å². The highest BCUT2D eigenvalue weighted by Gasteiger charge is 2.29. The van der Waals surface area contributed by atoms with E-state index in [2.05, 4.69) is 10.2 Å². The molecule has 0 aliphatic carbocycles. The lowest BCUT2D eigenvalue weighted by Crippen LogP contribution is -2.52. The second-order valence-electron chi connectivity index (χ2n) is 6.46. The van der Waals surface area contributed by atoms with Gasteiger partial charge in [0.1, 0.15) is 11.1 Å². The molecule has 1 atom stereocenters. The predicted molar refractivity (Wildman–Crippen MR) is 98.5 cm³/mol. The number of carbonyl (C=O) groups is 1. The molecular weight excluding hydrogens is 342 g/mol. The first-order valence-corrected chi connectivity index (χ1v) is 8.49. The van der Waals surface area contributed by atoms with E-state index in [1.54, 1.807) is 17.0 Å². The van der Waals surface area contributed by atoms with Gasteiger partial charge in [-0.05, 0) is 25.1 Å². The largest absolute Gasteiger partial charge is 0.422 e. The van der Waals surface area contributed by atoms with Crippen LogP contribution >= 0.6 is 12.4 Å². The molecule has 1 aromatic heterocycles. The van der Waals surface area contributed by atoms with Gasteiger partial charge in [0.15, 0.2) is 0 Å². The smallest absolute Gasteiger partial charge is 0.349 e. The Morgan fingerprint density at radius 2 is 1.92 bits per heavy atom. The molecule has 0 spiro atoms. The van der Waals surface area contributed by atoms with Crippen molar-refractivity contribution in [2.24, 2.45) is 0 Å². The van der Waals surface area contributed by atoms with E-state index in [-0.39, 0.29) is 23.9 Å². The molecule has 134 valence electrons. The zero-order valence-corrected chi connectivity index (χ0v) is 14.8. The maximum absolute atomic E-state index is 12.7. The number of carbonyl (C=O) groups excluding carboxylic acids is 1. The maximum Gasteiger partial charge on any atom is 0.349 e. The molecule has 25 heavy (non-hydrogen) atoms. The van der Waals surface area contributed by atoms with Gasteiger partial charge in [0, 0.05) is 44.2 Å². The van der Waals surface area contributed by atoms with Gasteiger partial charge < -0.3 is 14.6 Å². The second kappa shape index (κ2) is 7.56. The van der Waals surface area contributed by atoms with Crippen LogP contribution in [0.25, 0.3) is 11.0 Å². The summed E-state index contributed by atoms with van der Waals surface area (Å²) in [5.74, 6) is -0.223. The van der Waals surface area contributed by atoms with Crippen LogP contribution in [-0.4, -0.2) is 61.0 Å². The molecule has 3 heterocycles. The molecule has 6 nitrogen and oxygen atoms in total. The van der Waals surface area contributed by atoms with Crippen LogP contribution in [0.5, 0.6) is 0 Å². The molecule has 0 radical (unpaired) electrons. The number of piperazine rings is 1. The number of amides is 1. The first-order valence-electron chi connectivity index (χ1n) is 8.49. The summed E-state index contributed by atoms with van der Waals surface area (Å²) in [6.07, 6.45) is 1.17. The summed E-state index contributed by atoms with van der Waals surface area (Å²) in [4.78, 5) is 29.1. The fraction of sp³-hybridized carbons (Fsp3) is 0.444. The van der Waals surface area contributed by atoms with Gasteiger partial charge in [0.2, 0.25) is 0 Å². The maximum atomic E-state index is 12.7. The molecule has 2 aromatic rings. The molecule has 0 bridgehead atoms. The number of nitrogens with zero attached hydrogens (tertiary/aromatic N) is 2. The zero-order valence-electron chi connectivity index (χ0n) is 13.9. The molecule has 0 saturated carbocycles. The average molecular weight is 364 g/mol. The lowest BCUT2D eigenvalue weighted by atomic mass is 10.1. The van der Waals surface area contributed by atoms with Gasteiger partial charge in [-0.3, -0.25) is 9.69 Å². The van der Waals surface area contributed by atoms with Crippen molar-refractivity contribution in [3.8, 4) is 0 Å². The summed E-state index contributed by atoms with van der Waals surface area (Å²) in [5.41, 5.74) is 0.0865. The Morgan fingerprint density at radius 3 is 2.64 bits per heavy atom. The Hall–Kier alpha value is -1.89. The quantitative estimate of drug-likeness (QED) is 0.815. The number of halogens is 1. The summed E-state index contributed by atoms with van der Waals surface area (Å²) < 4.78 is 5.29. The van der Waals surface area contributed by atoms with E-state index in [9.17, 15) is 9.59 Å². The SMILES string of the molecule is Cl.O=C(c1cc2ccccc2oc1=O)N1CCN(C2CCNC2)CC1. The van der Waals surface area contributed by atoms with Crippen LogP contribution in [0.4, 0.5) is 0 Å². The molecule has 2 aliphatic rings. The number of hydrogen-bond donors (Lipinski definition) is 1. The fourth-order valence-corrected chi connectivity index (χ4v) is 3.62.